The molecule has 5 nitrogen and oxygen atoms in total. The molecular weight excluding hydrogens is 313 g/mol. The maximum atomic E-state index is 12.1. The van der Waals surface area contributed by atoms with Crippen LogP contribution in [0.15, 0.2) is 30.3 Å². The van der Waals surface area contributed by atoms with Gasteiger partial charge in [-0.3, -0.25) is 0 Å². The van der Waals surface area contributed by atoms with E-state index in [1.165, 1.54) is 0 Å². The van der Waals surface area contributed by atoms with Crippen molar-refractivity contribution in [2.24, 2.45) is 0 Å². The van der Waals surface area contributed by atoms with E-state index in [4.69, 9.17) is 27.9 Å². The summed E-state index contributed by atoms with van der Waals surface area (Å²) >= 11 is 12.0. The predicted octanol–water partition coefficient (Wildman–Crippen LogP) is 4.06. The summed E-state index contributed by atoms with van der Waals surface area (Å²) in [5, 5.41) is 3.16. The smallest absolute Gasteiger partial charge is 0.436 e. The lowest BCUT2D eigenvalue weighted by molar-refractivity contribution is 0.136. The third kappa shape index (κ3) is 3.95. The molecule has 0 unspecified atom stereocenters. The van der Waals surface area contributed by atoms with Crippen LogP contribution in [0.3, 0.4) is 0 Å². The number of aromatic nitrogens is 3. The van der Waals surface area contributed by atoms with E-state index in [1.807, 2.05) is 30.3 Å². The average molecular weight is 328 g/mol. The first kappa shape index (κ1) is 15.8. The minimum absolute atomic E-state index is 0.154. The van der Waals surface area contributed by atoms with Crippen LogP contribution in [0.2, 0.25) is 0 Å². The van der Waals surface area contributed by atoms with E-state index in [0.29, 0.717) is 11.6 Å². The molecule has 0 aliphatic heterocycles. The van der Waals surface area contributed by atoms with Crippen LogP contribution in [0.5, 0.6) is 0 Å². The third-order valence-electron chi connectivity index (χ3n) is 2.74. The Morgan fingerprint density at radius 3 is 2.48 bits per heavy atom. The molecule has 21 heavy (non-hydrogen) atoms. The van der Waals surface area contributed by atoms with E-state index < -0.39 is 16.8 Å². The van der Waals surface area contributed by atoms with Gasteiger partial charge >= 0.3 is 6.09 Å². The number of carbonyl (C=O) groups is 1. The molecule has 0 radical (unpaired) electrons. The molecule has 1 heterocycles. The zero-order chi connectivity index (χ0) is 15.4. The Morgan fingerprint density at radius 2 is 1.90 bits per heavy atom. The summed E-state index contributed by atoms with van der Waals surface area (Å²) in [6.07, 6.45) is -0.627. The SMILES string of the molecule is C[C@@H](Cl)c1nc([C@@H](C)Cl)n(C(=O)OCc2ccccc2)n1. The largest absolute Gasteiger partial charge is 0.443 e. The molecule has 2 aromatic rings. The second-order valence-electron chi connectivity index (χ2n) is 4.51. The molecule has 0 saturated heterocycles. The Labute approximate surface area is 132 Å². The third-order valence-corrected chi connectivity index (χ3v) is 3.13. The molecule has 0 N–H and O–H groups in total. The summed E-state index contributed by atoms with van der Waals surface area (Å²) in [6.45, 7) is 3.58. The van der Waals surface area contributed by atoms with Gasteiger partial charge < -0.3 is 4.74 Å². The highest BCUT2D eigenvalue weighted by atomic mass is 35.5. The molecule has 2 atom stereocenters. The Hall–Kier alpha value is -1.59. The number of ether oxygens (including phenoxy) is 1. The van der Waals surface area contributed by atoms with Crippen molar-refractivity contribution in [1.29, 1.82) is 0 Å². The Bertz CT molecular complexity index is 612. The van der Waals surface area contributed by atoms with Crippen molar-refractivity contribution in [3.63, 3.8) is 0 Å². The summed E-state index contributed by atoms with van der Waals surface area (Å²) in [4.78, 5) is 16.3. The van der Waals surface area contributed by atoms with Crippen molar-refractivity contribution >= 4 is 29.3 Å². The summed E-state index contributed by atoms with van der Waals surface area (Å²) in [5.41, 5.74) is 0.886. The number of hydrogen-bond acceptors (Lipinski definition) is 4. The van der Waals surface area contributed by atoms with E-state index in [2.05, 4.69) is 10.1 Å². The van der Waals surface area contributed by atoms with Gasteiger partial charge in [0.15, 0.2) is 11.6 Å². The first-order chi connectivity index (χ1) is 9.99. The van der Waals surface area contributed by atoms with Crippen LogP contribution in [0.1, 0.15) is 41.8 Å². The fourth-order valence-electron chi connectivity index (χ4n) is 1.68. The lowest BCUT2D eigenvalue weighted by atomic mass is 10.2. The molecular formula is C14H15Cl2N3O2. The zero-order valence-corrected chi connectivity index (χ0v) is 13.2. The average Bonchev–Trinajstić information content (AvgIpc) is 2.91. The number of rotatable bonds is 4. The second kappa shape index (κ2) is 6.91. The van der Waals surface area contributed by atoms with Crippen LogP contribution < -0.4 is 0 Å². The quantitative estimate of drug-likeness (QED) is 0.794. The van der Waals surface area contributed by atoms with Gasteiger partial charge in [0, 0.05) is 0 Å². The minimum Gasteiger partial charge on any atom is -0.443 e. The van der Waals surface area contributed by atoms with E-state index in [1.54, 1.807) is 13.8 Å². The van der Waals surface area contributed by atoms with Gasteiger partial charge in [0.1, 0.15) is 6.61 Å². The van der Waals surface area contributed by atoms with Gasteiger partial charge in [-0.1, -0.05) is 30.3 Å². The van der Waals surface area contributed by atoms with E-state index in [-0.39, 0.29) is 6.61 Å². The second-order valence-corrected chi connectivity index (χ2v) is 5.82. The predicted molar refractivity (Wildman–Crippen MR) is 80.6 cm³/mol. The number of halogens is 2. The van der Waals surface area contributed by atoms with Gasteiger partial charge in [-0.2, -0.15) is 0 Å². The number of hydrogen-bond donors (Lipinski definition) is 0. The lowest BCUT2D eigenvalue weighted by Crippen LogP contribution is -2.18. The molecule has 0 aliphatic rings. The van der Waals surface area contributed by atoms with E-state index in [9.17, 15) is 4.79 Å². The van der Waals surface area contributed by atoms with Crippen molar-refractivity contribution in [3.05, 3.63) is 47.5 Å². The van der Waals surface area contributed by atoms with Crippen LogP contribution in [-0.2, 0) is 11.3 Å². The summed E-state index contributed by atoms with van der Waals surface area (Å²) in [5.74, 6) is 0.660. The highest BCUT2D eigenvalue weighted by Crippen LogP contribution is 2.22. The van der Waals surface area contributed by atoms with E-state index in [0.717, 1.165) is 10.2 Å². The highest BCUT2D eigenvalue weighted by Gasteiger charge is 2.22. The van der Waals surface area contributed by atoms with Crippen LogP contribution in [-0.4, -0.2) is 20.9 Å². The van der Waals surface area contributed by atoms with Crippen LogP contribution >= 0.6 is 23.2 Å². The number of benzene rings is 1. The van der Waals surface area contributed by atoms with E-state index >= 15 is 0 Å². The Balaban J connectivity index is 2.14. The van der Waals surface area contributed by atoms with Crippen molar-refractivity contribution < 1.29 is 9.53 Å². The van der Waals surface area contributed by atoms with Crippen molar-refractivity contribution in [3.8, 4) is 0 Å². The summed E-state index contributed by atoms with van der Waals surface area (Å²) in [7, 11) is 0. The number of carbonyl (C=O) groups excluding carboxylic acids is 1. The van der Waals surface area contributed by atoms with Gasteiger partial charge in [-0.05, 0) is 19.4 Å². The maximum absolute atomic E-state index is 12.1. The standard InChI is InChI=1S/C14H15Cl2N3O2/c1-9(15)12-17-13(10(2)16)19(18-12)14(20)21-8-11-6-4-3-5-7-11/h3-7,9-10H,8H2,1-2H3/t9-,10-/m1/s1. The first-order valence-electron chi connectivity index (χ1n) is 6.45. The first-order valence-corrected chi connectivity index (χ1v) is 7.32. The molecule has 0 saturated carbocycles. The fourth-order valence-corrected chi connectivity index (χ4v) is 1.92. The normalized spacial score (nSPS) is 13.7. The molecule has 0 fully saturated rings. The van der Waals surface area contributed by atoms with Gasteiger partial charge in [0.2, 0.25) is 0 Å². The maximum Gasteiger partial charge on any atom is 0.436 e. The minimum atomic E-state index is -0.627. The molecule has 0 aliphatic carbocycles. The monoisotopic (exact) mass is 327 g/mol. The molecule has 0 amide bonds. The van der Waals surface area contributed by atoms with Gasteiger partial charge in [-0.25, -0.2) is 9.78 Å². The van der Waals surface area contributed by atoms with Gasteiger partial charge in [-0.15, -0.1) is 33.0 Å². The number of nitrogens with zero attached hydrogens (tertiary/aromatic N) is 3. The van der Waals surface area contributed by atoms with Crippen molar-refractivity contribution in [2.45, 2.75) is 31.2 Å². The summed E-state index contributed by atoms with van der Waals surface area (Å²) < 4.78 is 6.28. The Morgan fingerprint density at radius 1 is 1.24 bits per heavy atom. The van der Waals surface area contributed by atoms with Crippen LogP contribution in [0.25, 0.3) is 0 Å². The topological polar surface area (TPSA) is 57.0 Å². The van der Waals surface area contributed by atoms with Gasteiger partial charge in [0.25, 0.3) is 0 Å². The molecule has 7 heteroatoms. The fraction of sp³-hybridized carbons (Fsp3) is 0.357. The van der Waals surface area contributed by atoms with Crippen LogP contribution in [0.4, 0.5) is 4.79 Å². The molecule has 0 spiro atoms. The molecule has 1 aromatic carbocycles. The summed E-state index contributed by atoms with van der Waals surface area (Å²) in [6, 6.07) is 9.37. The molecule has 0 bridgehead atoms. The molecule has 112 valence electrons. The Kier molecular flexibility index (Phi) is 5.20. The highest BCUT2D eigenvalue weighted by molar-refractivity contribution is 6.20. The lowest BCUT2D eigenvalue weighted by Gasteiger charge is -2.07. The van der Waals surface area contributed by atoms with Crippen molar-refractivity contribution in [1.82, 2.24) is 14.8 Å². The van der Waals surface area contributed by atoms with Gasteiger partial charge in [0.05, 0.1) is 10.8 Å². The van der Waals surface area contributed by atoms with Crippen LogP contribution in [0, 0.1) is 0 Å². The molecule has 2 rings (SSSR count). The zero-order valence-electron chi connectivity index (χ0n) is 11.7. The number of alkyl halides is 2. The van der Waals surface area contributed by atoms with Crippen molar-refractivity contribution in [2.75, 3.05) is 0 Å². The molecule has 1 aromatic heterocycles.